The summed E-state index contributed by atoms with van der Waals surface area (Å²) in [5, 5.41) is 7.19. The van der Waals surface area contributed by atoms with Crippen molar-refractivity contribution in [1.29, 1.82) is 0 Å². The number of fused-ring (bicyclic) bond motifs is 3. The van der Waals surface area contributed by atoms with Gasteiger partial charge in [-0.05, 0) is 36.8 Å². The molecule has 0 unspecified atom stereocenters. The number of aryl methyl sites for hydroxylation is 1. The van der Waals surface area contributed by atoms with Crippen LogP contribution < -0.4 is 5.56 Å². The van der Waals surface area contributed by atoms with E-state index >= 15 is 0 Å². The van der Waals surface area contributed by atoms with Crippen molar-refractivity contribution in [3.63, 3.8) is 0 Å². The van der Waals surface area contributed by atoms with Crippen molar-refractivity contribution >= 4 is 21.8 Å². The summed E-state index contributed by atoms with van der Waals surface area (Å²) in [6.07, 6.45) is -1.66. The molecule has 0 saturated heterocycles. The largest absolute Gasteiger partial charge is 0.406 e. The van der Waals surface area contributed by atoms with Crippen LogP contribution in [0.25, 0.3) is 33.1 Å². The monoisotopic (exact) mass is 358 g/mol. The first-order valence-corrected chi connectivity index (χ1v) is 7.83. The fourth-order valence-corrected chi connectivity index (χ4v) is 3.16. The van der Waals surface area contributed by atoms with Crippen LogP contribution in [0.5, 0.6) is 0 Å². The lowest BCUT2D eigenvalue weighted by Crippen LogP contribution is -2.28. The molecular weight excluding hydrogens is 345 g/mol. The van der Waals surface area contributed by atoms with Gasteiger partial charge in [-0.25, -0.2) is 0 Å². The molecule has 4 rings (SSSR count). The van der Waals surface area contributed by atoms with E-state index in [-0.39, 0.29) is 10.9 Å². The SMILES string of the molecule is Cc1cc2c3[nH]ncc3c(=O)n(CC(F)(F)F)c2cc1-c1ccccn1. The smallest absolute Gasteiger partial charge is 0.298 e. The van der Waals surface area contributed by atoms with Gasteiger partial charge in [0, 0.05) is 17.1 Å². The summed E-state index contributed by atoms with van der Waals surface area (Å²) in [5.41, 5.74) is 2.03. The molecule has 0 spiro atoms. The number of benzene rings is 1. The van der Waals surface area contributed by atoms with Gasteiger partial charge in [-0.2, -0.15) is 18.3 Å². The first kappa shape index (κ1) is 16.3. The molecule has 8 heteroatoms. The lowest BCUT2D eigenvalue weighted by atomic mass is 10.0. The molecule has 1 aromatic carbocycles. The van der Waals surface area contributed by atoms with Crippen molar-refractivity contribution in [2.45, 2.75) is 19.6 Å². The Morgan fingerprint density at radius 2 is 2.00 bits per heavy atom. The Kier molecular flexibility index (Phi) is 3.57. The standard InChI is InChI=1S/C18H13F3N4O/c1-10-6-12-15(7-11(10)14-4-2-3-5-22-14)25(9-18(19,20)21)17(26)13-8-23-24-16(12)13/h2-8H,9H2,1H3,(H,23,24). The fraction of sp³-hybridized carbons (Fsp3) is 0.167. The summed E-state index contributed by atoms with van der Waals surface area (Å²) < 4.78 is 40.0. The Morgan fingerprint density at radius 3 is 2.69 bits per heavy atom. The molecule has 0 aliphatic carbocycles. The van der Waals surface area contributed by atoms with Crippen molar-refractivity contribution in [2.24, 2.45) is 0 Å². The summed E-state index contributed by atoms with van der Waals surface area (Å²) in [6, 6.07) is 8.67. The van der Waals surface area contributed by atoms with Crippen LogP contribution in [0.4, 0.5) is 13.2 Å². The number of aromatic amines is 1. The highest BCUT2D eigenvalue weighted by Crippen LogP contribution is 2.30. The van der Waals surface area contributed by atoms with E-state index in [4.69, 9.17) is 0 Å². The molecule has 26 heavy (non-hydrogen) atoms. The number of nitrogens with zero attached hydrogens (tertiary/aromatic N) is 3. The first-order chi connectivity index (χ1) is 12.3. The minimum Gasteiger partial charge on any atom is -0.298 e. The van der Waals surface area contributed by atoms with E-state index in [0.29, 0.717) is 22.2 Å². The van der Waals surface area contributed by atoms with Crippen LogP contribution in [0.15, 0.2) is 47.5 Å². The second-order valence-electron chi connectivity index (χ2n) is 6.06. The summed E-state index contributed by atoms with van der Waals surface area (Å²) in [4.78, 5) is 16.9. The number of rotatable bonds is 2. The van der Waals surface area contributed by atoms with Crippen molar-refractivity contribution < 1.29 is 13.2 Å². The molecule has 3 heterocycles. The molecule has 3 aromatic heterocycles. The van der Waals surface area contributed by atoms with Crippen LogP contribution in [0.1, 0.15) is 5.56 Å². The lowest BCUT2D eigenvalue weighted by Gasteiger charge is -2.15. The molecule has 4 aromatic rings. The minimum atomic E-state index is -4.52. The number of alkyl halides is 3. The number of nitrogens with one attached hydrogen (secondary N) is 1. The Balaban J connectivity index is 2.12. The molecule has 5 nitrogen and oxygen atoms in total. The van der Waals surface area contributed by atoms with E-state index in [0.717, 1.165) is 10.1 Å². The average molecular weight is 358 g/mol. The van der Waals surface area contributed by atoms with E-state index in [1.807, 2.05) is 6.92 Å². The van der Waals surface area contributed by atoms with Gasteiger partial charge >= 0.3 is 6.18 Å². The van der Waals surface area contributed by atoms with Crippen molar-refractivity contribution in [3.05, 3.63) is 58.6 Å². The number of hydrogen-bond acceptors (Lipinski definition) is 3. The zero-order chi connectivity index (χ0) is 18.5. The maximum Gasteiger partial charge on any atom is 0.406 e. The van der Waals surface area contributed by atoms with E-state index in [1.54, 1.807) is 36.5 Å². The molecule has 0 radical (unpaired) electrons. The zero-order valence-electron chi connectivity index (χ0n) is 13.6. The predicted molar refractivity (Wildman–Crippen MR) is 91.9 cm³/mol. The minimum absolute atomic E-state index is 0.131. The maximum atomic E-state index is 13.1. The quantitative estimate of drug-likeness (QED) is 0.593. The number of halogens is 3. The summed E-state index contributed by atoms with van der Waals surface area (Å²) in [6.45, 7) is 0.485. The molecule has 0 aliphatic rings. The van der Waals surface area contributed by atoms with Crippen molar-refractivity contribution in [1.82, 2.24) is 19.7 Å². The van der Waals surface area contributed by atoms with Crippen LogP contribution in [-0.4, -0.2) is 25.9 Å². The van der Waals surface area contributed by atoms with Crippen LogP contribution in [0.2, 0.25) is 0 Å². The molecule has 0 saturated carbocycles. The van der Waals surface area contributed by atoms with E-state index in [9.17, 15) is 18.0 Å². The van der Waals surface area contributed by atoms with Gasteiger partial charge in [-0.1, -0.05) is 6.07 Å². The molecular formula is C18H13F3N4O. The molecule has 0 aliphatic heterocycles. The van der Waals surface area contributed by atoms with Gasteiger partial charge in [0.15, 0.2) is 0 Å². The van der Waals surface area contributed by atoms with Gasteiger partial charge < -0.3 is 0 Å². The molecule has 0 fully saturated rings. The number of hydrogen-bond donors (Lipinski definition) is 1. The first-order valence-electron chi connectivity index (χ1n) is 7.83. The van der Waals surface area contributed by atoms with E-state index in [2.05, 4.69) is 15.2 Å². The number of H-pyrrole nitrogens is 1. The van der Waals surface area contributed by atoms with Gasteiger partial charge in [-0.3, -0.25) is 19.4 Å². The fourth-order valence-electron chi connectivity index (χ4n) is 3.16. The Morgan fingerprint density at radius 1 is 1.19 bits per heavy atom. The highest BCUT2D eigenvalue weighted by atomic mass is 19.4. The topological polar surface area (TPSA) is 63.6 Å². The number of pyridine rings is 2. The third-order valence-electron chi connectivity index (χ3n) is 4.30. The van der Waals surface area contributed by atoms with Gasteiger partial charge in [0.05, 0.1) is 28.3 Å². The van der Waals surface area contributed by atoms with Crippen LogP contribution >= 0.6 is 0 Å². The summed E-state index contributed by atoms with van der Waals surface area (Å²) in [7, 11) is 0. The Bertz CT molecular complexity index is 1180. The van der Waals surface area contributed by atoms with Crippen LogP contribution in [-0.2, 0) is 6.54 Å². The van der Waals surface area contributed by atoms with Crippen molar-refractivity contribution in [2.75, 3.05) is 0 Å². The predicted octanol–water partition coefficient (Wildman–Crippen LogP) is 3.81. The zero-order valence-corrected chi connectivity index (χ0v) is 13.6. The summed E-state index contributed by atoms with van der Waals surface area (Å²) in [5.74, 6) is 0. The normalized spacial score (nSPS) is 12.2. The molecule has 0 amide bonds. The highest BCUT2D eigenvalue weighted by Gasteiger charge is 2.30. The third-order valence-corrected chi connectivity index (χ3v) is 4.30. The Labute approximate surface area is 145 Å². The van der Waals surface area contributed by atoms with Gasteiger partial charge in [0.25, 0.3) is 5.56 Å². The highest BCUT2D eigenvalue weighted by molar-refractivity contribution is 6.04. The molecule has 0 atom stereocenters. The number of aromatic nitrogens is 4. The van der Waals surface area contributed by atoms with E-state index < -0.39 is 18.3 Å². The summed E-state index contributed by atoms with van der Waals surface area (Å²) >= 11 is 0. The van der Waals surface area contributed by atoms with Gasteiger partial charge in [0.2, 0.25) is 0 Å². The van der Waals surface area contributed by atoms with Crippen molar-refractivity contribution in [3.8, 4) is 11.3 Å². The van der Waals surface area contributed by atoms with Gasteiger partial charge in [0.1, 0.15) is 6.54 Å². The molecule has 0 bridgehead atoms. The molecule has 132 valence electrons. The average Bonchev–Trinajstić information content (AvgIpc) is 3.08. The Hall–Kier alpha value is -3.16. The van der Waals surface area contributed by atoms with Gasteiger partial charge in [-0.15, -0.1) is 0 Å². The lowest BCUT2D eigenvalue weighted by molar-refractivity contribution is -0.140. The second kappa shape index (κ2) is 5.69. The van der Waals surface area contributed by atoms with Crippen LogP contribution in [0.3, 0.4) is 0 Å². The molecule has 1 N–H and O–H groups in total. The maximum absolute atomic E-state index is 13.1. The second-order valence-corrected chi connectivity index (χ2v) is 6.06. The van der Waals surface area contributed by atoms with E-state index in [1.165, 1.54) is 6.20 Å². The third kappa shape index (κ3) is 2.63. The van der Waals surface area contributed by atoms with Crippen LogP contribution in [0, 0.1) is 6.92 Å².